The van der Waals surface area contributed by atoms with Crippen LogP contribution in [0.4, 0.5) is 0 Å². The van der Waals surface area contributed by atoms with Crippen LogP contribution in [0.15, 0.2) is 18.6 Å². The first-order valence-corrected chi connectivity index (χ1v) is 6.68. The number of carbonyl (C=O) groups excluding carboxylic acids is 2. The van der Waals surface area contributed by atoms with E-state index in [1.54, 1.807) is 0 Å². The maximum Gasteiger partial charge on any atom is 0.292 e. The van der Waals surface area contributed by atoms with Crippen molar-refractivity contribution in [3.8, 4) is 0 Å². The van der Waals surface area contributed by atoms with Crippen LogP contribution in [0.1, 0.15) is 10.5 Å². The Kier molecular flexibility index (Phi) is 11.2. The first-order valence-electron chi connectivity index (χ1n) is 5.17. The van der Waals surface area contributed by atoms with E-state index in [0.29, 0.717) is 23.1 Å². The van der Waals surface area contributed by atoms with Gasteiger partial charge in [-0.05, 0) is 0 Å². The molecule has 0 saturated carbocycles. The maximum absolute atomic E-state index is 10.1. The molecule has 0 spiro atoms. The summed E-state index contributed by atoms with van der Waals surface area (Å²) in [7, 11) is 1.31. The average Bonchev–Trinajstić information content (AvgIpc) is 2.48. The fourth-order valence-corrected chi connectivity index (χ4v) is 1.45. The van der Waals surface area contributed by atoms with Gasteiger partial charge in [-0.15, -0.1) is 0 Å². The molecule has 0 aliphatic heterocycles. The normalized spacial score (nSPS) is 8.59. The number of aldehydes is 1. The van der Waals surface area contributed by atoms with Crippen molar-refractivity contribution in [1.82, 2.24) is 19.9 Å². The fourth-order valence-electron chi connectivity index (χ4n) is 0.755. The average molecular weight is 386 g/mol. The summed E-state index contributed by atoms with van der Waals surface area (Å²) in [6.45, 7) is 0.375. The predicted molar refractivity (Wildman–Crippen MR) is 82.6 cm³/mol. The Morgan fingerprint density at radius 3 is 1.77 bits per heavy atom. The quantitative estimate of drug-likeness (QED) is 0.732. The van der Waals surface area contributed by atoms with Crippen LogP contribution < -0.4 is 0 Å². The van der Waals surface area contributed by atoms with Gasteiger partial charge in [-0.3, -0.25) is 14.6 Å². The van der Waals surface area contributed by atoms with E-state index < -0.39 is 0 Å². The number of carbonyl (C=O) groups is 2. The summed E-state index contributed by atoms with van der Waals surface area (Å²) in [6, 6.07) is 0. The zero-order valence-electron chi connectivity index (χ0n) is 10.9. The Labute approximate surface area is 145 Å². The van der Waals surface area contributed by atoms with Gasteiger partial charge in [-0.1, -0.05) is 46.4 Å². The van der Waals surface area contributed by atoms with E-state index in [1.165, 1.54) is 25.7 Å². The van der Waals surface area contributed by atoms with Gasteiger partial charge in [0.05, 0.1) is 25.7 Å². The summed E-state index contributed by atoms with van der Waals surface area (Å²) in [5.41, 5.74) is 0.103. The van der Waals surface area contributed by atoms with Crippen molar-refractivity contribution in [1.29, 1.82) is 0 Å². The lowest BCUT2D eigenvalue weighted by atomic mass is 10.5. The van der Waals surface area contributed by atoms with Gasteiger partial charge in [-0.25, -0.2) is 15.0 Å². The van der Waals surface area contributed by atoms with E-state index in [2.05, 4.69) is 24.7 Å². The van der Waals surface area contributed by atoms with Crippen LogP contribution in [0.5, 0.6) is 0 Å². The highest BCUT2D eigenvalue weighted by molar-refractivity contribution is 6.33. The molecule has 0 aliphatic carbocycles. The molecule has 0 aromatic carbocycles. The number of hydrogen-bond donors (Lipinski definition) is 0. The van der Waals surface area contributed by atoms with Crippen LogP contribution in [-0.4, -0.2) is 39.8 Å². The van der Waals surface area contributed by atoms with Crippen LogP contribution in [-0.2, 0) is 9.53 Å². The van der Waals surface area contributed by atoms with Crippen molar-refractivity contribution in [2.45, 2.75) is 0 Å². The van der Waals surface area contributed by atoms with Crippen molar-refractivity contribution < 1.29 is 14.3 Å². The van der Waals surface area contributed by atoms with E-state index in [-0.39, 0.29) is 16.0 Å². The Hall–Kier alpha value is -1.54. The second-order valence-electron chi connectivity index (χ2n) is 2.98. The van der Waals surface area contributed by atoms with Crippen molar-refractivity contribution in [2.75, 3.05) is 7.11 Å². The molecule has 0 aliphatic rings. The summed E-state index contributed by atoms with van der Waals surface area (Å²) in [6.07, 6.45) is 4.63. The van der Waals surface area contributed by atoms with Crippen molar-refractivity contribution >= 4 is 59.2 Å². The molecule has 2 aromatic heterocycles. The first kappa shape index (κ1) is 20.5. The summed E-state index contributed by atoms with van der Waals surface area (Å²) in [5.74, 6) is 0. The van der Waals surface area contributed by atoms with E-state index in [1.807, 2.05) is 0 Å². The van der Waals surface area contributed by atoms with Gasteiger partial charge in [0, 0.05) is 0 Å². The van der Waals surface area contributed by atoms with Crippen LogP contribution in [0, 0.1) is 0 Å². The molecule has 0 fully saturated rings. The molecule has 2 rings (SSSR count). The minimum absolute atomic E-state index is 0.0301. The first-order chi connectivity index (χ1) is 10.4. The predicted octanol–water partition coefficient (Wildman–Crippen LogP) is 3.17. The summed E-state index contributed by atoms with van der Waals surface area (Å²) in [5, 5.41) is 0.841. The van der Waals surface area contributed by atoms with E-state index in [9.17, 15) is 4.79 Å². The summed E-state index contributed by atoms with van der Waals surface area (Å²) in [4.78, 5) is 33.5. The Morgan fingerprint density at radius 2 is 1.45 bits per heavy atom. The van der Waals surface area contributed by atoms with Gasteiger partial charge in [0.15, 0.2) is 11.4 Å². The Morgan fingerprint density at radius 1 is 0.955 bits per heavy atom. The third-order valence-electron chi connectivity index (χ3n) is 1.51. The van der Waals surface area contributed by atoms with Gasteiger partial charge in [0.1, 0.15) is 21.2 Å². The molecule has 0 amide bonds. The highest BCUT2D eigenvalue weighted by Crippen LogP contribution is 2.11. The molecule has 118 valence electrons. The highest BCUT2D eigenvalue weighted by Gasteiger charge is 2.00. The number of hydrogen-bond acceptors (Lipinski definition) is 7. The number of nitrogens with zero attached hydrogens (tertiary/aromatic N) is 4. The monoisotopic (exact) mass is 384 g/mol. The topological polar surface area (TPSA) is 94.9 Å². The molecule has 7 nitrogen and oxygen atoms in total. The lowest BCUT2D eigenvalue weighted by molar-refractivity contribution is -0.126. The van der Waals surface area contributed by atoms with E-state index in [4.69, 9.17) is 51.2 Å². The van der Waals surface area contributed by atoms with Crippen molar-refractivity contribution in [2.24, 2.45) is 0 Å². The van der Waals surface area contributed by atoms with Gasteiger partial charge in [0.25, 0.3) is 6.47 Å². The van der Waals surface area contributed by atoms with Crippen LogP contribution in [0.2, 0.25) is 20.6 Å². The second-order valence-corrected chi connectivity index (χ2v) is 4.50. The zero-order chi connectivity index (χ0) is 17.0. The van der Waals surface area contributed by atoms with Crippen molar-refractivity contribution in [3.05, 3.63) is 44.9 Å². The SMILES string of the molecule is COC=O.Clc1cncc(Cl)n1.O=Cc1ncc(Cl)nc1Cl. The minimum Gasteiger partial charge on any atom is -0.471 e. The molecule has 0 saturated heterocycles. The fraction of sp³-hybridized carbons (Fsp3) is 0.0909. The van der Waals surface area contributed by atoms with Crippen LogP contribution >= 0.6 is 46.4 Å². The highest BCUT2D eigenvalue weighted by atomic mass is 35.5. The number of aromatic nitrogens is 4. The molecule has 0 N–H and O–H groups in total. The molecule has 0 bridgehead atoms. The number of ether oxygens (including phenoxy) is 1. The largest absolute Gasteiger partial charge is 0.471 e. The van der Waals surface area contributed by atoms with Gasteiger partial charge < -0.3 is 4.74 Å². The zero-order valence-corrected chi connectivity index (χ0v) is 13.9. The molecule has 0 atom stereocenters. The molecular formula is C11H8Cl4N4O3. The standard InChI is InChI=1S/C5H2Cl2N2O.C4H2Cl2N2.C2H4O2/c6-4-1-8-3(2-10)5(7)9-4;5-3-1-7-2-4(6)8-3;1-4-2-3/h1-2H;1-2H;2H,1H3. The molecule has 2 heterocycles. The lowest BCUT2D eigenvalue weighted by Gasteiger charge is -1.91. The minimum atomic E-state index is 0.0301. The van der Waals surface area contributed by atoms with Crippen molar-refractivity contribution in [3.63, 3.8) is 0 Å². The number of halogens is 4. The molecular weight excluding hydrogens is 378 g/mol. The smallest absolute Gasteiger partial charge is 0.292 e. The summed E-state index contributed by atoms with van der Waals surface area (Å²) < 4.78 is 3.86. The molecule has 2 aromatic rings. The third-order valence-corrected chi connectivity index (χ3v) is 2.33. The number of methoxy groups -OCH3 is 1. The van der Waals surface area contributed by atoms with Gasteiger partial charge in [-0.2, -0.15) is 0 Å². The van der Waals surface area contributed by atoms with E-state index >= 15 is 0 Å². The van der Waals surface area contributed by atoms with E-state index in [0.717, 1.165) is 0 Å². The summed E-state index contributed by atoms with van der Waals surface area (Å²) >= 11 is 21.6. The molecule has 0 radical (unpaired) electrons. The number of rotatable bonds is 2. The van der Waals surface area contributed by atoms with Gasteiger partial charge in [0.2, 0.25) is 0 Å². The second kappa shape index (κ2) is 12.0. The lowest BCUT2D eigenvalue weighted by Crippen LogP contribution is -1.90. The molecule has 0 unspecified atom stereocenters. The Bertz CT molecular complexity index is 598. The molecule has 11 heteroatoms. The Balaban J connectivity index is 0.000000330. The third kappa shape index (κ3) is 9.41. The molecule has 22 heavy (non-hydrogen) atoms. The van der Waals surface area contributed by atoms with Gasteiger partial charge >= 0.3 is 0 Å². The van der Waals surface area contributed by atoms with Crippen LogP contribution in [0.25, 0.3) is 0 Å². The van der Waals surface area contributed by atoms with Crippen LogP contribution in [0.3, 0.4) is 0 Å². The maximum atomic E-state index is 10.1.